The predicted octanol–water partition coefficient (Wildman–Crippen LogP) is 2.43. The highest BCUT2D eigenvalue weighted by atomic mass is 32.2. The van der Waals surface area contributed by atoms with Gasteiger partial charge in [-0.25, -0.2) is 18.4 Å². The van der Waals surface area contributed by atoms with Crippen LogP contribution in [-0.2, 0) is 20.8 Å². The van der Waals surface area contributed by atoms with Gasteiger partial charge in [-0.15, -0.1) is 0 Å². The predicted molar refractivity (Wildman–Crippen MR) is 95.1 cm³/mol. The number of carbonyl (C=O) groups excluding carboxylic acids is 1. The van der Waals surface area contributed by atoms with Gasteiger partial charge < -0.3 is 5.32 Å². The Morgan fingerprint density at radius 3 is 2.63 bits per heavy atom. The third kappa shape index (κ3) is 4.70. The summed E-state index contributed by atoms with van der Waals surface area (Å²) in [6.07, 6.45) is -4.37. The van der Waals surface area contributed by atoms with E-state index in [0.29, 0.717) is 11.8 Å². The Morgan fingerprint density at radius 1 is 1.30 bits per heavy atom. The zero-order chi connectivity index (χ0) is 19.8. The molecule has 2 atom stereocenters. The van der Waals surface area contributed by atoms with Crippen molar-refractivity contribution in [1.82, 2.24) is 15.3 Å². The number of halogens is 3. The molecule has 6 nitrogen and oxygen atoms in total. The Morgan fingerprint density at radius 2 is 2.00 bits per heavy atom. The van der Waals surface area contributed by atoms with Gasteiger partial charge in [0.25, 0.3) is 0 Å². The van der Waals surface area contributed by atoms with E-state index in [0.717, 1.165) is 11.8 Å². The molecule has 1 fully saturated rings. The summed E-state index contributed by atoms with van der Waals surface area (Å²) in [7, 11) is -3.14. The van der Waals surface area contributed by atoms with Gasteiger partial charge in [0.05, 0.1) is 22.3 Å². The number of hydrogen-bond acceptors (Lipinski definition) is 6. The number of amides is 1. The van der Waals surface area contributed by atoms with Crippen molar-refractivity contribution in [3.8, 4) is 0 Å². The molecule has 1 aliphatic heterocycles. The van der Waals surface area contributed by atoms with E-state index in [9.17, 15) is 26.4 Å². The molecule has 3 rings (SSSR count). The number of rotatable bonds is 4. The SMILES string of the molecule is C[C@H](Sc1nc(C(F)(F)F)nc2ccccc12)C(=O)N[C@@H]1CCS(=O)(=O)C1. The largest absolute Gasteiger partial charge is 0.451 e. The van der Waals surface area contributed by atoms with Gasteiger partial charge in [-0.1, -0.05) is 30.0 Å². The second kappa shape index (κ2) is 7.27. The lowest BCUT2D eigenvalue weighted by molar-refractivity contribution is -0.145. The number of hydrogen-bond donors (Lipinski definition) is 1. The minimum Gasteiger partial charge on any atom is -0.351 e. The number of aromatic nitrogens is 2. The van der Waals surface area contributed by atoms with Crippen LogP contribution in [0.5, 0.6) is 0 Å². The lowest BCUT2D eigenvalue weighted by Crippen LogP contribution is -2.40. The van der Waals surface area contributed by atoms with Gasteiger partial charge >= 0.3 is 6.18 Å². The first kappa shape index (κ1) is 19.9. The van der Waals surface area contributed by atoms with Crippen molar-refractivity contribution in [3.05, 3.63) is 30.1 Å². The van der Waals surface area contributed by atoms with Crippen molar-refractivity contribution in [2.24, 2.45) is 0 Å². The summed E-state index contributed by atoms with van der Waals surface area (Å²) < 4.78 is 62.2. The molecule has 1 amide bonds. The van der Waals surface area contributed by atoms with Crippen LogP contribution in [0.15, 0.2) is 29.3 Å². The summed E-state index contributed by atoms with van der Waals surface area (Å²) in [4.78, 5) is 19.5. The Kier molecular flexibility index (Phi) is 5.35. The molecule has 1 saturated heterocycles. The highest BCUT2D eigenvalue weighted by Crippen LogP contribution is 2.33. The van der Waals surface area contributed by atoms with E-state index >= 15 is 0 Å². The van der Waals surface area contributed by atoms with Crippen LogP contribution in [0.25, 0.3) is 10.9 Å². The number of thioether (sulfide) groups is 1. The third-order valence-electron chi connectivity index (χ3n) is 4.06. The number of fused-ring (bicyclic) bond motifs is 1. The first-order valence-corrected chi connectivity index (χ1v) is 10.8. The molecular weight excluding hydrogens is 403 g/mol. The zero-order valence-electron chi connectivity index (χ0n) is 14.2. The second-order valence-electron chi connectivity index (χ2n) is 6.24. The quantitative estimate of drug-likeness (QED) is 0.605. The summed E-state index contributed by atoms with van der Waals surface area (Å²) in [5.74, 6) is -1.81. The monoisotopic (exact) mass is 419 g/mol. The molecule has 0 radical (unpaired) electrons. The van der Waals surface area contributed by atoms with Crippen LogP contribution in [0.1, 0.15) is 19.2 Å². The molecule has 27 heavy (non-hydrogen) atoms. The maximum Gasteiger partial charge on any atom is 0.451 e. The first-order valence-electron chi connectivity index (χ1n) is 8.06. The molecule has 0 bridgehead atoms. The standard InChI is InChI=1S/C16H16F3N3O3S2/c1-9(13(23)20-10-6-7-27(24,25)8-10)26-14-11-4-2-3-5-12(11)21-15(22-14)16(17,18)19/h2-5,9-10H,6-8H2,1H3,(H,20,23)/t9-,10+/m0/s1. The molecule has 1 aliphatic rings. The lowest BCUT2D eigenvalue weighted by Gasteiger charge is -2.16. The summed E-state index contributed by atoms with van der Waals surface area (Å²) >= 11 is 0.882. The fourth-order valence-corrected chi connectivity index (χ4v) is 5.33. The van der Waals surface area contributed by atoms with Crippen molar-refractivity contribution in [1.29, 1.82) is 0 Å². The first-order chi connectivity index (χ1) is 12.5. The summed E-state index contributed by atoms with van der Waals surface area (Å²) in [5, 5.41) is 2.35. The van der Waals surface area contributed by atoms with E-state index in [2.05, 4.69) is 15.3 Å². The molecule has 1 N–H and O–H groups in total. The van der Waals surface area contributed by atoms with Crippen LogP contribution < -0.4 is 5.32 Å². The molecular formula is C16H16F3N3O3S2. The Labute approximate surface area is 157 Å². The van der Waals surface area contributed by atoms with E-state index in [1.54, 1.807) is 18.2 Å². The number of carbonyl (C=O) groups is 1. The minimum absolute atomic E-state index is 0.0188. The van der Waals surface area contributed by atoms with Crippen molar-refractivity contribution in [2.45, 2.75) is 35.8 Å². The molecule has 0 saturated carbocycles. The van der Waals surface area contributed by atoms with Gasteiger partial charge in [0.15, 0.2) is 9.84 Å². The zero-order valence-corrected chi connectivity index (χ0v) is 15.8. The van der Waals surface area contributed by atoms with Crippen LogP contribution in [0.3, 0.4) is 0 Å². The van der Waals surface area contributed by atoms with E-state index in [4.69, 9.17) is 0 Å². The van der Waals surface area contributed by atoms with Gasteiger partial charge in [0.2, 0.25) is 11.7 Å². The highest BCUT2D eigenvalue weighted by Gasteiger charge is 2.36. The fourth-order valence-electron chi connectivity index (χ4n) is 2.71. The summed E-state index contributed by atoms with van der Waals surface area (Å²) in [6.45, 7) is 1.54. The average Bonchev–Trinajstić information content (AvgIpc) is 2.92. The number of sulfone groups is 1. The van der Waals surface area contributed by atoms with E-state index in [-0.39, 0.29) is 22.0 Å². The van der Waals surface area contributed by atoms with Crippen LogP contribution in [0, 0.1) is 0 Å². The normalized spacial score (nSPS) is 20.5. The number of nitrogens with one attached hydrogen (secondary N) is 1. The smallest absolute Gasteiger partial charge is 0.351 e. The van der Waals surface area contributed by atoms with Gasteiger partial charge in [0.1, 0.15) is 5.03 Å². The number of alkyl halides is 3. The third-order valence-corrected chi connectivity index (χ3v) is 6.93. The average molecular weight is 419 g/mol. The van der Waals surface area contributed by atoms with Crippen LogP contribution in [-0.4, -0.2) is 47.1 Å². The maximum absolute atomic E-state index is 13.1. The lowest BCUT2D eigenvalue weighted by atomic mass is 10.2. The fraction of sp³-hybridized carbons (Fsp3) is 0.438. The minimum atomic E-state index is -4.71. The van der Waals surface area contributed by atoms with Crippen LogP contribution in [0.4, 0.5) is 13.2 Å². The van der Waals surface area contributed by atoms with Crippen molar-refractivity contribution in [2.75, 3.05) is 11.5 Å². The molecule has 2 heterocycles. The van der Waals surface area contributed by atoms with Crippen molar-refractivity contribution in [3.63, 3.8) is 0 Å². The molecule has 1 aromatic carbocycles. The Balaban J connectivity index is 1.81. The number of nitrogens with zero attached hydrogens (tertiary/aromatic N) is 2. The number of benzene rings is 1. The Hall–Kier alpha value is -1.88. The molecule has 0 unspecified atom stereocenters. The summed E-state index contributed by atoms with van der Waals surface area (Å²) in [5.41, 5.74) is 0.136. The Bertz CT molecular complexity index is 980. The van der Waals surface area contributed by atoms with Crippen molar-refractivity contribution >= 4 is 38.4 Å². The molecule has 1 aromatic heterocycles. The van der Waals surface area contributed by atoms with Gasteiger partial charge in [0, 0.05) is 11.4 Å². The molecule has 11 heteroatoms. The van der Waals surface area contributed by atoms with E-state index in [1.165, 1.54) is 13.0 Å². The molecule has 0 aliphatic carbocycles. The van der Waals surface area contributed by atoms with Gasteiger partial charge in [-0.2, -0.15) is 13.2 Å². The molecule has 2 aromatic rings. The topological polar surface area (TPSA) is 89.0 Å². The van der Waals surface area contributed by atoms with E-state index < -0.39 is 39.0 Å². The van der Waals surface area contributed by atoms with Crippen molar-refractivity contribution < 1.29 is 26.4 Å². The van der Waals surface area contributed by atoms with Crippen LogP contribution in [0.2, 0.25) is 0 Å². The van der Waals surface area contributed by atoms with E-state index in [1.807, 2.05) is 0 Å². The highest BCUT2D eigenvalue weighted by molar-refractivity contribution is 8.00. The molecule has 0 spiro atoms. The summed E-state index contributed by atoms with van der Waals surface area (Å²) in [6, 6.07) is 5.78. The number of para-hydroxylation sites is 1. The second-order valence-corrected chi connectivity index (χ2v) is 9.79. The van der Waals surface area contributed by atoms with Gasteiger partial charge in [-0.3, -0.25) is 4.79 Å². The molecule has 146 valence electrons. The maximum atomic E-state index is 13.1. The van der Waals surface area contributed by atoms with Crippen LogP contribution >= 0.6 is 11.8 Å². The van der Waals surface area contributed by atoms with Gasteiger partial charge in [-0.05, 0) is 19.4 Å².